The topological polar surface area (TPSA) is 66.0 Å². The molecule has 2 aromatic rings. The molecule has 0 fully saturated rings. The lowest BCUT2D eigenvalue weighted by Gasteiger charge is -2.18. The molecule has 27 heavy (non-hydrogen) atoms. The van der Waals surface area contributed by atoms with Gasteiger partial charge in [-0.3, -0.25) is 0 Å². The van der Waals surface area contributed by atoms with Crippen LogP contribution in [0.25, 0.3) is 0 Å². The molecule has 0 aliphatic carbocycles. The van der Waals surface area contributed by atoms with Crippen molar-refractivity contribution in [3.05, 3.63) is 53.6 Å². The van der Waals surface area contributed by atoms with Gasteiger partial charge in [-0.25, -0.2) is 4.79 Å². The van der Waals surface area contributed by atoms with E-state index in [4.69, 9.17) is 18.9 Å². The van der Waals surface area contributed by atoms with Crippen LogP contribution in [0.3, 0.4) is 0 Å². The van der Waals surface area contributed by atoms with Crippen LogP contribution in [0.15, 0.2) is 42.5 Å². The fourth-order valence-electron chi connectivity index (χ4n) is 2.85. The van der Waals surface area contributed by atoms with Crippen molar-refractivity contribution in [2.45, 2.75) is 12.3 Å². The minimum absolute atomic E-state index is 0.115. The Hall–Kier alpha value is -2.73. The van der Waals surface area contributed by atoms with Gasteiger partial charge in [-0.15, -0.1) is 0 Å². The number of rotatable bonds is 10. The number of hydrogen-bond acceptors (Lipinski definition) is 6. The van der Waals surface area contributed by atoms with Gasteiger partial charge in [0, 0.05) is 5.92 Å². The predicted octanol–water partition coefficient (Wildman–Crippen LogP) is 3.26. The van der Waals surface area contributed by atoms with Gasteiger partial charge in [0.05, 0.1) is 33.5 Å². The highest BCUT2D eigenvalue weighted by Gasteiger charge is 2.19. The van der Waals surface area contributed by atoms with Crippen molar-refractivity contribution in [2.75, 3.05) is 41.5 Å². The van der Waals surface area contributed by atoms with Gasteiger partial charge in [0.15, 0.2) is 11.5 Å². The highest BCUT2D eigenvalue weighted by Crippen LogP contribution is 2.38. The van der Waals surface area contributed by atoms with E-state index < -0.39 is 5.97 Å². The van der Waals surface area contributed by atoms with Gasteiger partial charge < -0.3 is 24.3 Å². The first-order valence-corrected chi connectivity index (χ1v) is 8.81. The molecule has 0 saturated carbocycles. The van der Waals surface area contributed by atoms with Crippen LogP contribution in [0.1, 0.15) is 28.3 Å². The molecule has 1 atom stereocenters. The van der Waals surface area contributed by atoms with E-state index in [1.54, 1.807) is 12.1 Å². The maximum Gasteiger partial charge on any atom is 0.338 e. The Morgan fingerprint density at radius 3 is 2.15 bits per heavy atom. The number of esters is 1. The van der Waals surface area contributed by atoms with E-state index in [2.05, 4.69) is 5.32 Å². The molecule has 2 aromatic carbocycles. The van der Waals surface area contributed by atoms with E-state index in [-0.39, 0.29) is 5.92 Å². The first-order chi connectivity index (χ1) is 13.1. The first kappa shape index (κ1) is 20.6. The molecule has 0 aliphatic heterocycles. The van der Waals surface area contributed by atoms with Gasteiger partial charge in [0.1, 0.15) is 0 Å². The largest absolute Gasteiger partial charge is 0.493 e. The molecule has 0 heterocycles. The molecular formula is C21H27NO5. The van der Waals surface area contributed by atoms with E-state index in [1.165, 1.54) is 21.3 Å². The molecule has 0 unspecified atom stereocenters. The minimum Gasteiger partial charge on any atom is -0.493 e. The number of carbonyl (C=O) groups excluding carboxylic acids is 1. The molecule has 0 aromatic heterocycles. The quantitative estimate of drug-likeness (QED) is 0.645. The molecule has 0 aliphatic rings. The van der Waals surface area contributed by atoms with Crippen LogP contribution in [-0.4, -0.2) is 47.5 Å². The fourth-order valence-corrected chi connectivity index (χ4v) is 2.85. The van der Waals surface area contributed by atoms with Gasteiger partial charge in [0.25, 0.3) is 0 Å². The van der Waals surface area contributed by atoms with Crippen molar-refractivity contribution in [2.24, 2.45) is 0 Å². The number of carbonyl (C=O) groups is 1. The van der Waals surface area contributed by atoms with Crippen molar-refractivity contribution in [1.82, 2.24) is 5.32 Å². The predicted molar refractivity (Wildman–Crippen MR) is 104 cm³/mol. The molecule has 0 radical (unpaired) electrons. The molecule has 0 spiro atoms. The Kier molecular flexibility index (Phi) is 7.95. The van der Waals surface area contributed by atoms with Crippen molar-refractivity contribution in [3.63, 3.8) is 0 Å². The Morgan fingerprint density at radius 2 is 1.63 bits per heavy atom. The Morgan fingerprint density at radius 1 is 1.00 bits per heavy atom. The van der Waals surface area contributed by atoms with Gasteiger partial charge in [0.2, 0.25) is 5.75 Å². The van der Waals surface area contributed by atoms with Crippen LogP contribution < -0.4 is 19.5 Å². The number of ether oxygens (including phenoxy) is 4. The lowest BCUT2D eigenvalue weighted by molar-refractivity contribution is 0.0474. The third-order valence-electron chi connectivity index (χ3n) is 4.33. The van der Waals surface area contributed by atoms with E-state index in [9.17, 15) is 4.79 Å². The average molecular weight is 373 g/mol. The third-order valence-corrected chi connectivity index (χ3v) is 4.33. The van der Waals surface area contributed by atoms with Crippen LogP contribution >= 0.6 is 0 Å². The Bertz CT molecular complexity index is 708. The zero-order valence-electron chi connectivity index (χ0n) is 16.3. The number of methoxy groups -OCH3 is 3. The fraction of sp³-hybridized carbons (Fsp3) is 0.381. The standard InChI is InChI=1S/C21H27NO5/c1-22-11-10-16(15-8-6-5-7-9-15)14-27-21(23)17-12-18(24-2)20(26-4)19(13-17)25-3/h5-9,12-13,16,22H,10-11,14H2,1-4H3/t16-/m1/s1. The van der Waals surface area contributed by atoms with Crippen molar-refractivity contribution in [1.29, 1.82) is 0 Å². The van der Waals surface area contributed by atoms with Crippen LogP contribution in [0.5, 0.6) is 17.2 Å². The summed E-state index contributed by atoms with van der Waals surface area (Å²) < 4.78 is 21.5. The zero-order valence-corrected chi connectivity index (χ0v) is 16.3. The zero-order chi connectivity index (χ0) is 19.6. The lowest BCUT2D eigenvalue weighted by atomic mass is 9.96. The summed E-state index contributed by atoms with van der Waals surface area (Å²) in [6.45, 7) is 1.13. The summed E-state index contributed by atoms with van der Waals surface area (Å²) in [6, 6.07) is 13.2. The molecule has 146 valence electrons. The summed E-state index contributed by atoms with van der Waals surface area (Å²) in [5, 5.41) is 3.14. The summed E-state index contributed by atoms with van der Waals surface area (Å²) in [4.78, 5) is 12.6. The van der Waals surface area contributed by atoms with Crippen molar-refractivity contribution >= 4 is 5.97 Å². The molecule has 6 heteroatoms. The highest BCUT2D eigenvalue weighted by atomic mass is 16.5. The maximum atomic E-state index is 12.6. The second-order valence-corrected chi connectivity index (χ2v) is 6.01. The van der Waals surface area contributed by atoms with Gasteiger partial charge in [-0.2, -0.15) is 0 Å². The first-order valence-electron chi connectivity index (χ1n) is 8.81. The van der Waals surface area contributed by atoms with Crippen molar-refractivity contribution < 1.29 is 23.7 Å². The molecule has 1 N–H and O–H groups in total. The second-order valence-electron chi connectivity index (χ2n) is 6.01. The lowest BCUT2D eigenvalue weighted by Crippen LogP contribution is -2.18. The Labute approximate surface area is 160 Å². The average Bonchev–Trinajstić information content (AvgIpc) is 2.72. The van der Waals surface area contributed by atoms with Gasteiger partial charge in [-0.05, 0) is 37.7 Å². The smallest absolute Gasteiger partial charge is 0.338 e. The summed E-state index contributed by atoms with van der Waals surface area (Å²) in [7, 11) is 6.44. The SMILES string of the molecule is CNCC[C@H](COC(=O)c1cc(OC)c(OC)c(OC)c1)c1ccccc1. The van der Waals surface area contributed by atoms with Crippen LogP contribution in [-0.2, 0) is 4.74 Å². The molecule has 0 bridgehead atoms. The molecular weight excluding hydrogens is 346 g/mol. The Balaban J connectivity index is 2.15. The normalized spacial score (nSPS) is 11.6. The maximum absolute atomic E-state index is 12.6. The van der Waals surface area contributed by atoms with E-state index in [0.29, 0.717) is 29.4 Å². The summed E-state index contributed by atoms with van der Waals surface area (Å²) in [6.07, 6.45) is 0.864. The summed E-state index contributed by atoms with van der Waals surface area (Å²) >= 11 is 0. The summed E-state index contributed by atoms with van der Waals surface area (Å²) in [5.41, 5.74) is 1.50. The summed E-state index contributed by atoms with van der Waals surface area (Å²) in [5.74, 6) is 0.953. The van der Waals surface area contributed by atoms with E-state index >= 15 is 0 Å². The molecule has 0 saturated heterocycles. The van der Waals surface area contributed by atoms with Crippen molar-refractivity contribution in [3.8, 4) is 17.2 Å². The second kappa shape index (κ2) is 10.4. The van der Waals surface area contributed by atoms with Gasteiger partial charge in [-0.1, -0.05) is 30.3 Å². The third kappa shape index (κ3) is 5.37. The number of hydrogen-bond donors (Lipinski definition) is 1. The number of benzene rings is 2. The highest BCUT2D eigenvalue weighted by molar-refractivity contribution is 5.91. The van der Waals surface area contributed by atoms with Crippen LogP contribution in [0.4, 0.5) is 0 Å². The van der Waals surface area contributed by atoms with E-state index in [1.807, 2.05) is 37.4 Å². The minimum atomic E-state index is -0.431. The number of nitrogens with one attached hydrogen (secondary N) is 1. The van der Waals surface area contributed by atoms with E-state index in [0.717, 1.165) is 18.5 Å². The molecule has 2 rings (SSSR count). The molecule has 0 amide bonds. The monoisotopic (exact) mass is 373 g/mol. The van der Waals surface area contributed by atoms with Crippen LogP contribution in [0, 0.1) is 0 Å². The molecule has 6 nitrogen and oxygen atoms in total. The van der Waals surface area contributed by atoms with Gasteiger partial charge >= 0.3 is 5.97 Å². The van der Waals surface area contributed by atoms with Crippen LogP contribution in [0.2, 0.25) is 0 Å².